The molecule has 0 nitrogen and oxygen atoms in total. The average molecular weight is 335 g/mol. The van der Waals surface area contributed by atoms with Crippen LogP contribution in [0.4, 0.5) is 0 Å². The fourth-order valence-electron chi connectivity index (χ4n) is 2.99. The minimum absolute atomic E-state index is 0.804. The molecular formula is C18H27AlS2. The molecule has 0 radical (unpaired) electrons. The van der Waals surface area contributed by atoms with E-state index in [9.17, 15) is 0 Å². The fraction of sp³-hybridized carbons (Fsp3) is 0.556. The van der Waals surface area contributed by atoms with Crippen LogP contribution in [-0.2, 0) is 0 Å². The van der Waals surface area contributed by atoms with Crippen molar-refractivity contribution in [3.05, 3.63) is 34.7 Å². The fourth-order valence-corrected chi connectivity index (χ4v) is 9.23. The maximum atomic E-state index is 2.68. The molecule has 0 spiro atoms. The van der Waals surface area contributed by atoms with Crippen LogP contribution in [0, 0.1) is 11.8 Å². The molecular weight excluding hydrogens is 307 g/mol. The molecule has 0 atom stereocenters. The van der Waals surface area contributed by atoms with Crippen molar-refractivity contribution in [2.75, 3.05) is 11.5 Å². The highest BCUT2D eigenvalue weighted by Gasteiger charge is 2.17. The standard InChI is InChI=1S/C10H9S2.2C4H9.Al/c1-8-4-2-3-5-9(8)10-11-6-7-12-10;2*1-4(2)3;/h1-5H,6-7H2;2*4H,1H2,2-3H3;. The van der Waals surface area contributed by atoms with Gasteiger partial charge in [-0.05, 0) is 10.4 Å². The second kappa shape index (κ2) is 8.73. The lowest BCUT2D eigenvalue weighted by Gasteiger charge is -2.13. The summed E-state index contributed by atoms with van der Waals surface area (Å²) in [5, 5.41) is 5.87. The van der Waals surface area contributed by atoms with Crippen LogP contribution in [0.5, 0.6) is 0 Å². The zero-order chi connectivity index (χ0) is 15.2. The third-order valence-corrected chi connectivity index (χ3v) is 10.4. The maximum Gasteiger partial charge on any atom is 0.296 e. The van der Waals surface area contributed by atoms with E-state index in [1.54, 1.807) is 4.24 Å². The van der Waals surface area contributed by atoms with Gasteiger partial charge in [0.2, 0.25) is 0 Å². The number of rotatable bonds is 5. The molecule has 0 unspecified atom stereocenters. The van der Waals surface area contributed by atoms with Crippen molar-refractivity contribution < 1.29 is 0 Å². The second-order valence-corrected chi connectivity index (χ2v) is 12.0. The van der Waals surface area contributed by atoms with E-state index in [-0.39, 0.29) is 0 Å². The Kier molecular flexibility index (Phi) is 7.29. The van der Waals surface area contributed by atoms with Crippen LogP contribution in [-0.4, -0.2) is 25.7 Å². The van der Waals surface area contributed by atoms with Crippen LogP contribution in [0.3, 0.4) is 0 Å². The SMILES string of the molecule is CC(C)[CH2][Al](/[CH]=c1\ccccc1=C1SCCS1)[CH2]C(C)C. The van der Waals surface area contributed by atoms with Gasteiger partial charge in [0.15, 0.2) is 0 Å². The van der Waals surface area contributed by atoms with Crippen LogP contribution in [0.15, 0.2) is 24.3 Å². The maximum absolute atomic E-state index is 2.68. The number of thioether (sulfide) groups is 2. The van der Waals surface area contributed by atoms with Crippen molar-refractivity contribution >= 4 is 46.8 Å². The molecule has 114 valence electrons. The largest absolute Gasteiger partial charge is 0.296 e. The summed E-state index contributed by atoms with van der Waals surface area (Å²) in [5.74, 6) is 4.19. The Morgan fingerprint density at radius 3 is 2.14 bits per heavy atom. The van der Waals surface area contributed by atoms with Gasteiger partial charge in [-0.25, -0.2) is 0 Å². The molecule has 1 aliphatic rings. The molecule has 1 fully saturated rings. The first-order valence-electron chi connectivity index (χ1n) is 8.13. The molecule has 1 aromatic rings. The first kappa shape index (κ1) is 17.5. The van der Waals surface area contributed by atoms with Crippen LogP contribution >= 0.6 is 23.5 Å². The van der Waals surface area contributed by atoms with E-state index >= 15 is 0 Å². The topological polar surface area (TPSA) is 0 Å². The third kappa shape index (κ3) is 5.72. The van der Waals surface area contributed by atoms with E-state index in [1.807, 2.05) is 23.5 Å². The number of hydrogen-bond acceptors (Lipinski definition) is 2. The summed E-state index contributed by atoms with van der Waals surface area (Å²) < 4.78 is 1.55. The smallest absolute Gasteiger partial charge is 0.137 e. The Labute approximate surface area is 142 Å². The molecule has 2 rings (SSSR count). The van der Waals surface area contributed by atoms with Crippen molar-refractivity contribution in [2.45, 2.75) is 38.3 Å². The Bertz CT molecular complexity index is 545. The summed E-state index contributed by atoms with van der Waals surface area (Å²) in [6.45, 7) is 9.49. The monoisotopic (exact) mass is 334 g/mol. The first-order chi connectivity index (χ1) is 10.1. The van der Waals surface area contributed by atoms with E-state index in [0.717, 1.165) is 11.8 Å². The summed E-state index contributed by atoms with van der Waals surface area (Å²) in [6, 6.07) is 9.06. The minimum Gasteiger partial charge on any atom is -0.137 e. The molecule has 0 saturated carbocycles. The van der Waals surface area contributed by atoms with Crippen LogP contribution in [0.1, 0.15) is 27.7 Å². The van der Waals surface area contributed by atoms with Gasteiger partial charge in [0.1, 0.15) is 0 Å². The molecule has 0 aromatic heterocycles. The van der Waals surface area contributed by atoms with Crippen molar-refractivity contribution in [3.63, 3.8) is 0 Å². The van der Waals surface area contributed by atoms with E-state index in [1.165, 1.54) is 32.5 Å². The molecule has 21 heavy (non-hydrogen) atoms. The number of hydrogen-bond donors (Lipinski definition) is 0. The van der Waals surface area contributed by atoms with Crippen molar-refractivity contribution in [3.8, 4) is 0 Å². The molecule has 1 aromatic carbocycles. The molecule has 0 N–H and O–H groups in total. The lowest BCUT2D eigenvalue weighted by Crippen LogP contribution is -2.29. The summed E-state index contributed by atoms with van der Waals surface area (Å²) in [5.41, 5.74) is 0. The van der Waals surface area contributed by atoms with Crippen molar-refractivity contribution in [2.24, 2.45) is 11.8 Å². The Morgan fingerprint density at radius 2 is 1.57 bits per heavy atom. The van der Waals surface area contributed by atoms with Gasteiger partial charge in [-0.1, -0.05) is 74.4 Å². The third-order valence-electron chi connectivity index (χ3n) is 3.69. The Balaban J connectivity index is 2.40. The normalized spacial score (nSPS) is 16.3. The molecule has 1 heterocycles. The van der Waals surface area contributed by atoms with Crippen LogP contribution < -0.4 is 10.4 Å². The lowest BCUT2D eigenvalue weighted by atomic mass is 10.3. The van der Waals surface area contributed by atoms with Gasteiger partial charge in [0.25, 0.3) is 14.1 Å². The van der Waals surface area contributed by atoms with Gasteiger partial charge in [-0.2, -0.15) is 0 Å². The predicted octanol–water partition coefficient (Wildman–Crippen LogP) is 4.36. The van der Waals surface area contributed by atoms with Crippen LogP contribution in [0.25, 0.3) is 9.18 Å². The van der Waals surface area contributed by atoms with E-state index in [0.29, 0.717) is 0 Å². The predicted molar refractivity (Wildman–Crippen MR) is 104 cm³/mol. The van der Waals surface area contributed by atoms with E-state index in [4.69, 9.17) is 0 Å². The highest BCUT2D eigenvalue weighted by Crippen LogP contribution is 2.35. The Hall–Kier alpha value is 0.192. The number of benzene rings is 1. The zero-order valence-corrected chi connectivity index (χ0v) is 16.6. The Morgan fingerprint density at radius 1 is 1.00 bits per heavy atom. The summed E-state index contributed by atoms with van der Waals surface area (Å²) >= 11 is 3.28. The summed E-state index contributed by atoms with van der Waals surface area (Å²) in [4.78, 5) is 2.68. The minimum atomic E-state index is -0.804. The van der Waals surface area contributed by atoms with Gasteiger partial charge in [0.05, 0.1) is 0 Å². The molecule has 3 heteroatoms. The first-order valence-corrected chi connectivity index (χ1v) is 12.4. The molecule has 0 bridgehead atoms. The van der Waals surface area contributed by atoms with Crippen molar-refractivity contribution in [1.82, 2.24) is 0 Å². The highest BCUT2D eigenvalue weighted by atomic mass is 32.2. The second-order valence-electron chi connectivity index (χ2n) is 6.76. The van der Waals surface area contributed by atoms with Gasteiger partial charge in [-0.3, -0.25) is 0 Å². The van der Waals surface area contributed by atoms with Crippen molar-refractivity contribution in [1.29, 1.82) is 0 Å². The van der Waals surface area contributed by atoms with Gasteiger partial charge in [0, 0.05) is 15.7 Å². The average Bonchev–Trinajstić information content (AvgIpc) is 2.91. The van der Waals surface area contributed by atoms with E-state index < -0.39 is 14.1 Å². The van der Waals surface area contributed by atoms with Crippen LogP contribution in [0.2, 0.25) is 10.6 Å². The lowest BCUT2D eigenvalue weighted by molar-refractivity contribution is 0.695. The van der Waals surface area contributed by atoms with Gasteiger partial charge < -0.3 is 0 Å². The quantitative estimate of drug-likeness (QED) is 0.734. The summed E-state index contributed by atoms with van der Waals surface area (Å²) in [6.07, 6.45) is 0. The molecule has 0 aliphatic carbocycles. The molecule has 0 amide bonds. The summed E-state index contributed by atoms with van der Waals surface area (Å²) in [7, 11) is 0. The zero-order valence-electron chi connectivity index (χ0n) is 13.8. The highest BCUT2D eigenvalue weighted by molar-refractivity contribution is 8.32. The van der Waals surface area contributed by atoms with Gasteiger partial charge >= 0.3 is 0 Å². The molecule has 1 saturated heterocycles. The van der Waals surface area contributed by atoms with E-state index in [2.05, 4.69) is 56.9 Å². The molecule has 1 aliphatic heterocycles. The van der Waals surface area contributed by atoms with Gasteiger partial charge in [-0.15, -0.1) is 28.5 Å².